The molecule has 180 valence electrons. The van der Waals surface area contributed by atoms with E-state index in [0.717, 1.165) is 73.4 Å². The molecule has 0 spiro atoms. The summed E-state index contributed by atoms with van der Waals surface area (Å²) in [6.07, 6.45) is 6.92. The number of alkyl carbamates (subject to hydrolysis) is 1. The molecule has 1 aliphatic rings. The van der Waals surface area contributed by atoms with Crippen LogP contribution in [0.5, 0.6) is 5.75 Å². The van der Waals surface area contributed by atoms with Crippen molar-refractivity contribution in [3.05, 3.63) is 39.2 Å². The number of aryl methyl sites for hydroxylation is 2. The van der Waals surface area contributed by atoms with E-state index in [9.17, 15) is 14.4 Å². The molecule has 1 amide bonds. The second-order valence-corrected chi connectivity index (χ2v) is 9.76. The molecular weight excluding hydrogens is 422 g/mol. The maximum atomic E-state index is 12.7. The number of carbonyl (C=O) groups excluding carboxylic acids is 2. The van der Waals surface area contributed by atoms with E-state index in [1.807, 2.05) is 6.07 Å². The predicted molar refractivity (Wildman–Crippen MR) is 127 cm³/mol. The van der Waals surface area contributed by atoms with E-state index in [1.54, 1.807) is 33.8 Å². The minimum Gasteiger partial charge on any atom is -0.444 e. The number of benzene rings is 1. The molecule has 1 unspecified atom stereocenters. The van der Waals surface area contributed by atoms with Crippen LogP contribution in [0.3, 0.4) is 0 Å². The van der Waals surface area contributed by atoms with Gasteiger partial charge in [0.25, 0.3) is 0 Å². The summed E-state index contributed by atoms with van der Waals surface area (Å²) < 4.78 is 16.5. The molecule has 0 radical (unpaired) electrons. The molecule has 0 saturated heterocycles. The average Bonchev–Trinajstić information content (AvgIpc) is 3.21. The van der Waals surface area contributed by atoms with Gasteiger partial charge in [-0.2, -0.15) is 0 Å². The zero-order chi connectivity index (χ0) is 24.2. The van der Waals surface area contributed by atoms with E-state index in [1.165, 1.54) is 0 Å². The first-order chi connectivity index (χ1) is 15.6. The summed E-state index contributed by atoms with van der Waals surface area (Å²) in [7, 11) is 0. The minimum atomic E-state index is -0.907. The summed E-state index contributed by atoms with van der Waals surface area (Å²) in [5.74, 6) is -0.249. The fourth-order valence-corrected chi connectivity index (χ4v) is 4.13. The monoisotopic (exact) mass is 457 g/mol. The Hall–Kier alpha value is -2.83. The molecule has 33 heavy (non-hydrogen) atoms. The van der Waals surface area contributed by atoms with Gasteiger partial charge in [-0.3, -0.25) is 0 Å². The maximum Gasteiger partial charge on any atom is 0.408 e. The SMILES string of the molecule is CCCCCCc1cc2c3c(c(=O)oc2cc1OC(=O)C(C)NC(=O)OC(C)(C)C)CCC3. The van der Waals surface area contributed by atoms with E-state index >= 15 is 0 Å². The van der Waals surface area contributed by atoms with Crippen molar-refractivity contribution in [2.45, 2.75) is 97.6 Å². The van der Waals surface area contributed by atoms with Crippen LogP contribution in [0.15, 0.2) is 21.3 Å². The third-order valence-electron chi connectivity index (χ3n) is 5.75. The highest BCUT2D eigenvalue weighted by molar-refractivity contribution is 5.87. The molecule has 3 rings (SSSR count). The van der Waals surface area contributed by atoms with E-state index in [0.29, 0.717) is 11.3 Å². The number of hydrogen-bond donors (Lipinski definition) is 1. The standard InChI is InChI=1S/C26H35NO6/c1-6-7-8-9-11-17-14-20-18-12-10-13-19(18)24(29)32-22(20)15-21(17)31-23(28)16(2)27-25(30)33-26(3,4)5/h14-16H,6-13H2,1-5H3,(H,27,30). The Morgan fingerprint density at radius 2 is 1.85 bits per heavy atom. The van der Waals surface area contributed by atoms with E-state index in [-0.39, 0.29) is 5.63 Å². The van der Waals surface area contributed by atoms with Crippen molar-refractivity contribution in [2.75, 3.05) is 0 Å². The van der Waals surface area contributed by atoms with Gasteiger partial charge in [-0.05, 0) is 77.0 Å². The summed E-state index contributed by atoms with van der Waals surface area (Å²) in [6, 6.07) is 2.74. The lowest BCUT2D eigenvalue weighted by atomic mass is 10.00. The predicted octanol–water partition coefficient (Wildman–Crippen LogP) is 5.22. The Labute approximate surface area is 194 Å². The number of nitrogens with one attached hydrogen (secondary N) is 1. The molecule has 0 aliphatic heterocycles. The lowest BCUT2D eigenvalue weighted by Gasteiger charge is -2.21. The minimum absolute atomic E-state index is 0.317. The molecule has 7 nitrogen and oxygen atoms in total. The van der Waals surface area contributed by atoms with Gasteiger partial charge in [0.15, 0.2) is 0 Å². The lowest BCUT2D eigenvalue weighted by Crippen LogP contribution is -2.43. The molecule has 0 bridgehead atoms. The number of fused-ring (bicyclic) bond motifs is 3. The summed E-state index contributed by atoms with van der Waals surface area (Å²) >= 11 is 0. The number of carbonyl (C=O) groups is 2. The highest BCUT2D eigenvalue weighted by atomic mass is 16.6. The topological polar surface area (TPSA) is 94.8 Å². The van der Waals surface area contributed by atoms with Gasteiger partial charge in [0.1, 0.15) is 23.0 Å². The maximum absolute atomic E-state index is 12.7. The van der Waals surface area contributed by atoms with Crippen molar-refractivity contribution >= 4 is 23.0 Å². The molecule has 7 heteroatoms. The number of hydrogen-bond acceptors (Lipinski definition) is 6. The molecule has 0 saturated carbocycles. The van der Waals surface area contributed by atoms with Crippen LogP contribution in [0.25, 0.3) is 11.0 Å². The first kappa shape index (κ1) is 24.8. The molecule has 1 aromatic carbocycles. The summed E-state index contributed by atoms with van der Waals surface area (Å²) in [5.41, 5.74) is 2.15. The summed E-state index contributed by atoms with van der Waals surface area (Å²) in [5, 5.41) is 3.43. The third-order valence-corrected chi connectivity index (χ3v) is 5.75. The summed E-state index contributed by atoms with van der Waals surface area (Å²) in [6.45, 7) is 8.95. The molecule has 1 N–H and O–H groups in total. The van der Waals surface area contributed by atoms with Gasteiger partial charge in [-0.15, -0.1) is 0 Å². The largest absolute Gasteiger partial charge is 0.444 e. The fourth-order valence-electron chi connectivity index (χ4n) is 4.13. The fraction of sp³-hybridized carbons (Fsp3) is 0.577. The molecule has 1 aliphatic carbocycles. The van der Waals surface area contributed by atoms with Gasteiger partial charge in [0, 0.05) is 17.0 Å². The number of unbranched alkanes of at least 4 members (excludes halogenated alkanes) is 3. The average molecular weight is 458 g/mol. The molecule has 1 aromatic heterocycles. The first-order valence-corrected chi connectivity index (χ1v) is 11.9. The van der Waals surface area contributed by atoms with Crippen molar-refractivity contribution in [3.8, 4) is 5.75 Å². The van der Waals surface area contributed by atoms with E-state index in [2.05, 4.69) is 12.2 Å². The van der Waals surface area contributed by atoms with Gasteiger partial charge >= 0.3 is 17.7 Å². The van der Waals surface area contributed by atoms with Gasteiger partial charge in [0.05, 0.1) is 0 Å². The Morgan fingerprint density at radius 3 is 2.55 bits per heavy atom. The molecule has 1 heterocycles. The van der Waals surface area contributed by atoms with Crippen molar-refractivity contribution < 1.29 is 23.5 Å². The van der Waals surface area contributed by atoms with Crippen LogP contribution < -0.4 is 15.7 Å². The first-order valence-electron chi connectivity index (χ1n) is 11.9. The van der Waals surface area contributed by atoms with Gasteiger partial charge in [-0.25, -0.2) is 14.4 Å². The van der Waals surface area contributed by atoms with Crippen molar-refractivity contribution in [1.82, 2.24) is 5.32 Å². The molecule has 1 atom stereocenters. The number of esters is 1. The smallest absolute Gasteiger partial charge is 0.408 e. The van der Waals surface area contributed by atoms with Crippen LogP contribution in [-0.4, -0.2) is 23.7 Å². The van der Waals surface area contributed by atoms with Crippen LogP contribution in [0, 0.1) is 0 Å². The third kappa shape index (κ3) is 6.36. The van der Waals surface area contributed by atoms with Crippen LogP contribution in [0.1, 0.15) is 83.4 Å². The van der Waals surface area contributed by atoms with Crippen molar-refractivity contribution in [3.63, 3.8) is 0 Å². The Morgan fingerprint density at radius 1 is 1.12 bits per heavy atom. The van der Waals surface area contributed by atoms with E-state index < -0.39 is 23.7 Å². The number of amides is 1. The van der Waals surface area contributed by atoms with Gasteiger partial charge in [-0.1, -0.05) is 26.2 Å². The second kappa shape index (κ2) is 10.4. The van der Waals surface area contributed by atoms with Crippen LogP contribution >= 0.6 is 0 Å². The van der Waals surface area contributed by atoms with E-state index in [4.69, 9.17) is 13.9 Å². The highest BCUT2D eigenvalue weighted by Gasteiger charge is 2.25. The molecule has 2 aromatic rings. The number of ether oxygens (including phenoxy) is 2. The molecular formula is C26H35NO6. The van der Waals surface area contributed by atoms with Gasteiger partial charge in [0.2, 0.25) is 0 Å². The van der Waals surface area contributed by atoms with Crippen LogP contribution in [0.2, 0.25) is 0 Å². The molecule has 0 fully saturated rings. The Bertz CT molecular complexity index is 1080. The zero-order valence-corrected chi connectivity index (χ0v) is 20.3. The number of rotatable bonds is 8. The lowest BCUT2D eigenvalue weighted by molar-refractivity contribution is -0.136. The quantitative estimate of drug-likeness (QED) is 0.253. The van der Waals surface area contributed by atoms with Crippen molar-refractivity contribution in [2.24, 2.45) is 0 Å². The van der Waals surface area contributed by atoms with Crippen LogP contribution in [0.4, 0.5) is 4.79 Å². The Kier molecular flexibility index (Phi) is 7.82. The van der Waals surface area contributed by atoms with Crippen molar-refractivity contribution in [1.29, 1.82) is 0 Å². The normalized spacial score (nSPS) is 14.1. The van der Waals surface area contributed by atoms with Gasteiger partial charge < -0.3 is 19.2 Å². The zero-order valence-electron chi connectivity index (χ0n) is 20.3. The Balaban J connectivity index is 1.86. The second-order valence-electron chi connectivity index (χ2n) is 9.76. The van der Waals surface area contributed by atoms with Crippen LogP contribution in [-0.2, 0) is 28.8 Å². The summed E-state index contributed by atoms with van der Waals surface area (Å²) in [4.78, 5) is 37.2. The highest BCUT2D eigenvalue weighted by Crippen LogP contribution is 2.33.